The van der Waals surface area contributed by atoms with E-state index in [9.17, 15) is 31.5 Å². The highest BCUT2D eigenvalue weighted by Gasteiger charge is 2.65. The van der Waals surface area contributed by atoms with E-state index in [1.807, 2.05) is 0 Å². The van der Waals surface area contributed by atoms with Crippen LogP contribution in [0.1, 0.15) is 26.7 Å². The molecule has 0 aliphatic heterocycles. The first-order valence-electron chi connectivity index (χ1n) is 5.63. The predicted octanol–water partition coefficient (Wildman–Crippen LogP) is 3.04. The second-order valence-corrected chi connectivity index (χ2v) is 5.34. The summed E-state index contributed by atoms with van der Waals surface area (Å²) in [7, 11) is 1.02. The van der Waals surface area contributed by atoms with Gasteiger partial charge in [0, 0.05) is 12.8 Å². The molecule has 20 heavy (non-hydrogen) atoms. The fourth-order valence-corrected chi connectivity index (χ4v) is 1.98. The number of rotatable bonds is 3. The molecule has 0 heterocycles. The molecule has 0 aromatic carbocycles. The van der Waals surface area contributed by atoms with E-state index in [-0.39, 0.29) is 12.8 Å². The van der Waals surface area contributed by atoms with E-state index < -0.39 is 40.4 Å². The first kappa shape index (κ1) is 16.6. The summed E-state index contributed by atoms with van der Waals surface area (Å²) in [6, 6.07) is 0. The largest absolute Gasteiger partial charge is 0.500 e. The minimum atomic E-state index is -6.05. The van der Waals surface area contributed by atoms with Crippen LogP contribution in [0, 0.1) is 5.41 Å². The Morgan fingerprint density at radius 2 is 1.65 bits per heavy atom. The maximum absolute atomic E-state index is 13.1. The van der Waals surface area contributed by atoms with Crippen molar-refractivity contribution in [3.05, 3.63) is 11.3 Å². The van der Waals surface area contributed by atoms with Crippen molar-refractivity contribution < 1.29 is 36.3 Å². The zero-order valence-corrected chi connectivity index (χ0v) is 11.0. The smallest absolute Gasteiger partial charge is 0.461 e. The van der Waals surface area contributed by atoms with Crippen molar-refractivity contribution in [3.63, 3.8) is 0 Å². The number of hydrogen-bond donors (Lipinski definition) is 0. The van der Waals surface area contributed by atoms with Crippen molar-refractivity contribution in [2.45, 2.75) is 38.8 Å². The van der Waals surface area contributed by atoms with E-state index in [1.54, 1.807) is 13.8 Å². The lowest BCUT2D eigenvalue weighted by molar-refractivity contribution is -0.266. The molecule has 0 fully saturated rings. The summed E-state index contributed by atoms with van der Waals surface area (Å²) in [4.78, 5) is 23.2. The van der Waals surface area contributed by atoms with Crippen molar-refractivity contribution in [1.82, 2.24) is 0 Å². The Morgan fingerprint density at radius 1 is 1.15 bits per heavy atom. The molecule has 1 aliphatic rings. The van der Waals surface area contributed by atoms with Crippen molar-refractivity contribution in [2.75, 3.05) is 7.11 Å². The predicted molar refractivity (Wildman–Crippen MR) is 58.1 cm³/mol. The van der Waals surface area contributed by atoms with Crippen LogP contribution >= 0.6 is 0 Å². The molecule has 0 amide bonds. The topological polar surface area (TPSA) is 43.4 Å². The summed E-state index contributed by atoms with van der Waals surface area (Å²) >= 11 is 0. The summed E-state index contributed by atoms with van der Waals surface area (Å²) < 4.78 is 67.4. The summed E-state index contributed by atoms with van der Waals surface area (Å²) in [5, 5.41) is 0. The average Bonchev–Trinajstić information content (AvgIpc) is 2.24. The molecule has 1 aliphatic carbocycles. The van der Waals surface area contributed by atoms with E-state index >= 15 is 0 Å². The summed E-state index contributed by atoms with van der Waals surface area (Å²) in [6.07, 6.45) is -6.41. The van der Waals surface area contributed by atoms with Gasteiger partial charge in [0.15, 0.2) is 5.78 Å². The molecule has 0 saturated carbocycles. The Balaban J connectivity index is 3.32. The molecule has 0 bridgehead atoms. The van der Waals surface area contributed by atoms with E-state index in [4.69, 9.17) is 0 Å². The Hall–Kier alpha value is -1.47. The summed E-state index contributed by atoms with van der Waals surface area (Å²) in [5.74, 6) is -9.65. The lowest BCUT2D eigenvalue weighted by Gasteiger charge is -2.31. The molecule has 3 nitrogen and oxygen atoms in total. The Kier molecular flexibility index (Phi) is 4.00. The van der Waals surface area contributed by atoms with Gasteiger partial charge in [0.05, 0.1) is 7.11 Å². The van der Waals surface area contributed by atoms with Crippen LogP contribution < -0.4 is 0 Å². The number of ether oxygens (including phenoxy) is 1. The number of allylic oxidation sites excluding steroid dienone is 2. The van der Waals surface area contributed by atoms with E-state index in [1.165, 1.54) is 0 Å². The minimum Gasteiger partial charge on any atom is -0.500 e. The van der Waals surface area contributed by atoms with Gasteiger partial charge in [-0.2, -0.15) is 22.0 Å². The molecule has 0 atom stereocenters. The molecule has 114 valence electrons. The molecular formula is C12H13F5O3. The molecular weight excluding hydrogens is 287 g/mol. The average molecular weight is 300 g/mol. The number of halogens is 5. The van der Waals surface area contributed by atoms with Crippen LogP contribution in [0.25, 0.3) is 0 Å². The van der Waals surface area contributed by atoms with E-state index in [2.05, 4.69) is 4.74 Å². The van der Waals surface area contributed by atoms with E-state index in [0.29, 0.717) is 0 Å². The zero-order chi connectivity index (χ0) is 15.9. The van der Waals surface area contributed by atoms with Gasteiger partial charge in [0.25, 0.3) is 0 Å². The first-order valence-corrected chi connectivity index (χ1v) is 5.63. The maximum Gasteiger partial charge on any atom is 0.461 e. The van der Waals surface area contributed by atoms with Crippen LogP contribution in [0.3, 0.4) is 0 Å². The highest BCUT2D eigenvalue weighted by molar-refractivity contribution is 6.23. The number of hydrogen-bond acceptors (Lipinski definition) is 3. The number of carbonyl (C=O) groups is 2. The minimum absolute atomic E-state index is 0.0652. The van der Waals surface area contributed by atoms with Gasteiger partial charge < -0.3 is 4.74 Å². The molecule has 0 radical (unpaired) electrons. The molecule has 0 spiro atoms. The SMILES string of the molecule is COC1=C(C(=O)C(F)(F)C(F)(F)F)C(=O)CC(C)(C)C1. The third-order valence-electron chi connectivity index (χ3n) is 2.95. The molecule has 0 N–H and O–H groups in total. The highest BCUT2D eigenvalue weighted by Crippen LogP contribution is 2.43. The van der Waals surface area contributed by atoms with Crippen molar-refractivity contribution in [1.29, 1.82) is 0 Å². The van der Waals surface area contributed by atoms with Crippen molar-refractivity contribution in [2.24, 2.45) is 5.41 Å². The summed E-state index contributed by atoms with van der Waals surface area (Å²) in [6.45, 7) is 3.24. The van der Waals surface area contributed by atoms with Gasteiger partial charge in [-0.15, -0.1) is 0 Å². The standard InChI is InChI=1S/C12H13F5O3/c1-10(2)4-6(18)8(7(5-10)20-3)9(19)11(13,14)12(15,16)17/h4-5H2,1-3H3. The van der Waals surface area contributed by atoms with Gasteiger partial charge in [0.2, 0.25) is 5.78 Å². The van der Waals surface area contributed by atoms with Crippen molar-refractivity contribution in [3.8, 4) is 0 Å². The quantitative estimate of drug-likeness (QED) is 0.594. The Bertz CT molecular complexity index is 474. The highest BCUT2D eigenvalue weighted by atomic mass is 19.4. The molecule has 0 aromatic heterocycles. The molecule has 1 rings (SSSR count). The fraction of sp³-hybridized carbons (Fsp3) is 0.667. The number of alkyl halides is 5. The molecule has 0 aromatic rings. The lowest BCUT2D eigenvalue weighted by atomic mass is 9.75. The van der Waals surface area contributed by atoms with Gasteiger partial charge in [0.1, 0.15) is 11.3 Å². The van der Waals surface area contributed by atoms with Crippen LogP contribution in [-0.2, 0) is 14.3 Å². The van der Waals surface area contributed by atoms with Crippen LogP contribution in [0.5, 0.6) is 0 Å². The number of carbonyl (C=O) groups excluding carboxylic acids is 2. The number of Topliss-reactive ketones (excluding diaryl/α,β-unsaturated/α-hetero) is 2. The normalized spacial score (nSPS) is 20.1. The van der Waals surface area contributed by atoms with Gasteiger partial charge in [-0.1, -0.05) is 13.8 Å². The Morgan fingerprint density at radius 3 is 2.05 bits per heavy atom. The van der Waals surface area contributed by atoms with Crippen LogP contribution in [0.4, 0.5) is 22.0 Å². The number of methoxy groups -OCH3 is 1. The van der Waals surface area contributed by atoms with Crippen LogP contribution in [0.2, 0.25) is 0 Å². The van der Waals surface area contributed by atoms with Gasteiger partial charge in [-0.05, 0) is 5.41 Å². The van der Waals surface area contributed by atoms with Crippen LogP contribution in [-0.4, -0.2) is 30.8 Å². The third kappa shape index (κ3) is 2.83. The Labute approximate surface area is 111 Å². The fourth-order valence-electron chi connectivity index (χ4n) is 1.98. The number of ketones is 2. The zero-order valence-electron chi connectivity index (χ0n) is 11.0. The second kappa shape index (κ2) is 4.82. The monoisotopic (exact) mass is 300 g/mol. The summed E-state index contributed by atoms with van der Waals surface area (Å²) in [5.41, 5.74) is -1.85. The molecule has 0 unspecified atom stereocenters. The maximum atomic E-state index is 13.1. The molecule has 8 heteroatoms. The van der Waals surface area contributed by atoms with Crippen LogP contribution in [0.15, 0.2) is 11.3 Å². The third-order valence-corrected chi connectivity index (χ3v) is 2.95. The van der Waals surface area contributed by atoms with Crippen molar-refractivity contribution >= 4 is 11.6 Å². The molecule has 0 saturated heterocycles. The lowest BCUT2D eigenvalue weighted by Crippen LogP contribution is -2.47. The van der Waals surface area contributed by atoms with Gasteiger partial charge in [-0.3, -0.25) is 9.59 Å². The van der Waals surface area contributed by atoms with E-state index in [0.717, 1.165) is 7.11 Å². The van der Waals surface area contributed by atoms with Gasteiger partial charge >= 0.3 is 12.1 Å². The van der Waals surface area contributed by atoms with Gasteiger partial charge in [-0.25, -0.2) is 0 Å². The first-order chi connectivity index (χ1) is 8.83. The second-order valence-electron chi connectivity index (χ2n) is 5.34.